The van der Waals surface area contributed by atoms with Gasteiger partial charge in [0.1, 0.15) is 0 Å². The lowest BCUT2D eigenvalue weighted by atomic mass is 10.0. The molecule has 0 aromatic rings. The quantitative estimate of drug-likeness (QED) is 0.0681. The summed E-state index contributed by atoms with van der Waals surface area (Å²) in [6.45, 7) is 8.47. The van der Waals surface area contributed by atoms with E-state index in [1.165, 1.54) is 103 Å². The van der Waals surface area contributed by atoms with E-state index in [0.717, 1.165) is 38.5 Å². The van der Waals surface area contributed by atoms with E-state index >= 15 is 0 Å². The van der Waals surface area contributed by atoms with Crippen molar-refractivity contribution in [1.82, 2.24) is 0 Å². The van der Waals surface area contributed by atoms with E-state index in [-0.39, 0.29) is 0 Å². The molecular weight excluding hydrogens is 448 g/mol. The molecule has 0 aromatic heterocycles. The summed E-state index contributed by atoms with van der Waals surface area (Å²) in [5.41, 5.74) is 0. The Morgan fingerprint density at radius 2 is 0.500 bits per heavy atom. The number of aliphatic hydroxyl groups is 4. The minimum atomic E-state index is -1.41. The fourth-order valence-electron chi connectivity index (χ4n) is 4.84. The minimum Gasteiger partial charge on any atom is -0.366 e. The summed E-state index contributed by atoms with van der Waals surface area (Å²) in [7, 11) is 0. The molecule has 0 saturated carbocycles. The summed E-state index contributed by atoms with van der Waals surface area (Å²) in [5, 5.41) is 38.4. The molecule has 0 bridgehead atoms. The molecule has 4 heteroatoms. The van der Waals surface area contributed by atoms with Crippen LogP contribution in [0.15, 0.2) is 0 Å². The first-order valence-corrected chi connectivity index (χ1v) is 16.1. The molecule has 220 valence electrons. The Balaban J connectivity index is 0. The van der Waals surface area contributed by atoms with Crippen LogP contribution in [0.4, 0.5) is 0 Å². The zero-order valence-electron chi connectivity index (χ0n) is 25.2. The Labute approximate surface area is 226 Å². The van der Waals surface area contributed by atoms with Crippen molar-refractivity contribution >= 4 is 0 Å². The maximum Gasteiger partial charge on any atom is 0.162 e. The number of unbranched alkanes of at least 4 members (excludes halogenated alkanes) is 18. The third kappa shape index (κ3) is 31.9. The number of hydrogen-bond acceptors (Lipinski definition) is 4. The maximum atomic E-state index is 9.59. The van der Waals surface area contributed by atoms with Gasteiger partial charge in [0.05, 0.1) is 0 Å². The van der Waals surface area contributed by atoms with Crippen LogP contribution >= 0.6 is 0 Å². The summed E-state index contributed by atoms with van der Waals surface area (Å²) in [6.07, 6.45) is 29.5. The smallest absolute Gasteiger partial charge is 0.162 e. The largest absolute Gasteiger partial charge is 0.366 e. The first kappa shape index (κ1) is 38.0. The second kappa shape index (κ2) is 27.9. The average molecular weight is 517 g/mol. The molecule has 0 atom stereocenters. The number of rotatable bonds is 26. The molecule has 0 spiro atoms. The van der Waals surface area contributed by atoms with Crippen LogP contribution in [0.3, 0.4) is 0 Å². The van der Waals surface area contributed by atoms with E-state index in [1.54, 1.807) is 0 Å². The summed E-state index contributed by atoms with van der Waals surface area (Å²) in [6, 6.07) is 0. The third-order valence-corrected chi connectivity index (χ3v) is 7.16. The SMILES string of the molecule is CCCCCCCCCCCCC(O)(O)CCC.CCCCCCCCCCCCC(O)(O)CCC. The highest BCUT2D eigenvalue weighted by Gasteiger charge is 2.21. The van der Waals surface area contributed by atoms with Crippen molar-refractivity contribution in [3.05, 3.63) is 0 Å². The van der Waals surface area contributed by atoms with Gasteiger partial charge in [0, 0.05) is 25.7 Å². The summed E-state index contributed by atoms with van der Waals surface area (Å²) in [4.78, 5) is 0. The molecule has 36 heavy (non-hydrogen) atoms. The second-order valence-electron chi connectivity index (χ2n) is 11.3. The molecule has 0 rings (SSSR count). The highest BCUT2D eigenvalue weighted by atomic mass is 16.5. The fourth-order valence-corrected chi connectivity index (χ4v) is 4.84. The lowest BCUT2D eigenvalue weighted by Gasteiger charge is -2.20. The first-order chi connectivity index (χ1) is 17.2. The standard InChI is InChI=1S/2C16H34O2/c2*1-3-5-6-7-8-9-10-11-12-13-15-16(17,18)14-4-2/h2*17-18H,3-15H2,1-2H3. The maximum absolute atomic E-state index is 9.59. The van der Waals surface area contributed by atoms with Gasteiger partial charge in [-0.1, -0.05) is 156 Å². The van der Waals surface area contributed by atoms with E-state index in [2.05, 4.69) is 13.8 Å². The van der Waals surface area contributed by atoms with Gasteiger partial charge in [-0.15, -0.1) is 0 Å². The van der Waals surface area contributed by atoms with Gasteiger partial charge in [0.25, 0.3) is 0 Å². The Hall–Kier alpha value is -0.160. The monoisotopic (exact) mass is 517 g/mol. The predicted molar refractivity (Wildman–Crippen MR) is 157 cm³/mol. The summed E-state index contributed by atoms with van der Waals surface area (Å²) < 4.78 is 0. The molecule has 4 nitrogen and oxygen atoms in total. The Morgan fingerprint density at radius 3 is 0.722 bits per heavy atom. The van der Waals surface area contributed by atoms with Crippen molar-refractivity contribution in [3.63, 3.8) is 0 Å². The fraction of sp³-hybridized carbons (Fsp3) is 1.00. The van der Waals surface area contributed by atoms with Gasteiger partial charge >= 0.3 is 0 Å². The molecule has 0 heterocycles. The van der Waals surface area contributed by atoms with E-state index in [0.29, 0.717) is 25.7 Å². The minimum absolute atomic E-state index is 0.504. The number of hydrogen-bond donors (Lipinski definition) is 4. The first-order valence-electron chi connectivity index (χ1n) is 16.1. The van der Waals surface area contributed by atoms with Gasteiger partial charge in [-0.3, -0.25) is 0 Å². The van der Waals surface area contributed by atoms with Crippen LogP contribution in [0.25, 0.3) is 0 Å². The van der Waals surface area contributed by atoms with Gasteiger partial charge in [-0.25, -0.2) is 0 Å². The topological polar surface area (TPSA) is 80.9 Å². The van der Waals surface area contributed by atoms with Crippen molar-refractivity contribution in [1.29, 1.82) is 0 Å². The van der Waals surface area contributed by atoms with Crippen molar-refractivity contribution in [2.75, 3.05) is 0 Å². The molecule has 0 aromatic carbocycles. The molecule has 0 aliphatic rings. The van der Waals surface area contributed by atoms with Crippen LogP contribution in [0, 0.1) is 0 Å². The summed E-state index contributed by atoms with van der Waals surface area (Å²) >= 11 is 0. The Kier molecular flexibility index (Phi) is 29.4. The van der Waals surface area contributed by atoms with Crippen LogP contribution in [-0.4, -0.2) is 32.0 Å². The third-order valence-electron chi connectivity index (χ3n) is 7.16. The zero-order valence-corrected chi connectivity index (χ0v) is 25.2. The molecule has 0 aliphatic carbocycles. The predicted octanol–water partition coefficient (Wildman–Crippen LogP) is 9.56. The normalized spacial score (nSPS) is 12.0. The van der Waals surface area contributed by atoms with Crippen LogP contribution in [0.1, 0.15) is 195 Å². The van der Waals surface area contributed by atoms with E-state index in [1.807, 2.05) is 13.8 Å². The van der Waals surface area contributed by atoms with Crippen molar-refractivity contribution in [2.45, 2.75) is 206 Å². The molecule has 0 aliphatic heterocycles. The lowest BCUT2D eigenvalue weighted by molar-refractivity contribution is -0.172. The molecule has 0 fully saturated rings. The van der Waals surface area contributed by atoms with Gasteiger partial charge < -0.3 is 20.4 Å². The highest BCUT2D eigenvalue weighted by Crippen LogP contribution is 2.20. The Morgan fingerprint density at radius 1 is 0.278 bits per heavy atom. The Bertz CT molecular complexity index is 371. The van der Waals surface area contributed by atoms with E-state index in [4.69, 9.17) is 0 Å². The summed E-state index contributed by atoms with van der Waals surface area (Å²) in [5.74, 6) is -2.82. The van der Waals surface area contributed by atoms with Crippen molar-refractivity contribution < 1.29 is 20.4 Å². The van der Waals surface area contributed by atoms with Gasteiger partial charge in [0.15, 0.2) is 11.6 Å². The van der Waals surface area contributed by atoms with Crippen LogP contribution < -0.4 is 0 Å². The molecule has 0 amide bonds. The molecule has 0 saturated heterocycles. The zero-order chi connectivity index (χ0) is 27.4. The van der Waals surface area contributed by atoms with Crippen molar-refractivity contribution in [2.24, 2.45) is 0 Å². The van der Waals surface area contributed by atoms with E-state index in [9.17, 15) is 20.4 Å². The van der Waals surface area contributed by atoms with Crippen LogP contribution in [-0.2, 0) is 0 Å². The lowest BCUT2D eigenvalue weighted by Crippen LogP contribution is -2.27. The molecule has 0 unspecified atom stereocenters. The highest BCUT2D eigenvalue weighted by molar-refractivity contribution is 4.64. The van der Waals surface area contributed by atoms with E-state index < -0.39 is 11.6 Å². The average Bonchev–Trinajstić information content (AvgIpc) is 2.82. The molecule has 4 N–H and O–H groups in total. The van der Waals surface area contributed by atoms with Gasteiger partial charge in [0.2, 0.25) is 0 Å². The van der Waals surface area contributed by atoms with Crippen molar-refractivity contribution in [3.8, 4) is 0 Å². The second-order valence-corrected chi connectivity index (χ2v) is 11.3. The van der Waals surface area contributed by atoms with Crippen LogP contribution in [0.2, 0.25) is 0 Å². The van der Waals surface area contributed by atoms with Gasteiger partial charge in [-0.05, 0) is 12.8 Å². The van der Waals surface area contributed by atoms with Crippen LogP contribution in [0.5, 0.6) is 0 Å². The van der Waals surface area contributed by atoms with Gasteiger partial charge in [-0.2, -0.15) is 0 Å². The molecular formula is C32H68O4. The molecule has 0 radical (unpaired) electrons.